The summed E-state index contributed by atoms with van der Waals surface area (Å²) in [4.78, 5) is 30.8. The summed E-state index contributed by atoms with van der Waals surface area (Å²) in [5.74, 6) is -1.00. The van der Waals surface area contributed by atoms with Crippen molar-refractivity contribution in [2.45, 2.75) is 13.8 Å². The molecule has 1 fully saturated rings. The normalized spacial score (nSPS) is 16.9. The zero-order valence-electron chi connectivity index (χ0n) is 24.1. The molecule has 2 N–H and O–H groups in total. The lowest BCUT2D eigenvalue weighted by atomic mass is 10.1. The molecule has 218 valence electrons. The Morgan fingerprint density at radius 3 is 2.21 bits per heavy atom. The Balaban J connectivity index is 1.16. The number of amides is 2. The monoisotopic (exact) mass is 579 g/mol. The van der Waals surface area contributed by atoms with E-state index in [2.05, 4.69) is 15.6 Å². The number of hydrogen-bond acceptors (Lipinski definition) is 6. The summed E-state index contributed by atoms with van der Waals surface area (Å²) in [7, 11) is 3.06. The quantitative estimate of drug-likeness (QED) is 0.202. The molecule has 1 heterocycles. The van der Waals surface area contributed by atoms with Crippen LogP contribution in [-0.2, 0) is 9.59 Å². The molecular weight excluding hydrogens is 549 g/mol. The maximum absolute atomic E-state index is 15.2. The van der Waals surface area contributed by atoms with Gasteiger partial charge in [-0.3, -0.25) is 14.6 Å². The van der Waals surface area contributed by atoms with Crippen LogP contribution in [0, 0.1) is 23.1 Å². The fourth-order valence-corrected chi connectivity index (χ4v) is 5.70. The molecule has 0 unspecified atom stereocenters. The van der Waals surface area contributed by atoms with E-state index in [0.717, 1.165) is 10.8 Å². The zero-order chi connectivity index (χ0) is 30.3. The van der Waals surface area contributed by atoms with Crippen molar-refractivity contribution >= 4 is 44.9 Å². The number of nitrogens with zero attached hydrogens (tertiary/aromatic N) is 1. The number of anilines is 2. The third-order valence-electron chi connectivity index (χ3n) is 8.07. The molecule has 0 bridgehead atoms. The Kier molecular flexibility index (Phi) is 7.09. The number of pyridine rings is 1. The predicted molar refractivity (Wildman–Crippen MR) is 163 cm³/mol. The van der Waals surface area contributed by atoms with Crippen LogP contribution in [0.15, 0.2) is 85.1 Å². The highest BCUT2D eigenvalue weighted by atomic mass is 19.1. The van der Waals surface area contributed by atoms with E-state index in [4.69, 9.17) is 14.2 Å². The maximum Gasteiger partial charge on any atom is 0.228 e. The first-order chi connectivity index (χ1) is 20.7. The van der Waals surface area contributed by atoms with Crippen molar-refractivity contribution in [2.75, 3.05) is 24.9 Å². The lowest BCUT2D eigenvalue weighted by Gasteiger charge is -2.13. The summed E-state index contributed by atoms with van der Waals surface area (Å²) in [6, 6.07) is 22.7. The van der Waals surface area contributed by atoms with Crippen molar-refractivity contribution in [1.82, 2.24) is 4.98 Å². The minimum Gasteiger partial charge on any atom is -0.493 e. The van der Waals surface area contributed by atoms with E-state index in [9.17, 15) is 9.59 Å². The molecule has 6 rings (SSSR count). The fourth-order valence-electron chi connectivity index (χ4n) is 5.70. The number of fused-ring (bicyclic) bond motifs is 2. The summed E-state index contributed by atoms with van der Waals surface area (Å²) < 4.78 is 31.8. The third-order valence-corrected chi connectivity index (χ3v) is 8.07. The van der Waals surface area contributed by atoms with Crippen LogP contribution in [-0.4, -0.2) is 31.0 Å². The van der Waals surface area contributed by atoms with Gasteiger partial charge in [-0.2, -0.15) is 0 Å². The van der Waals surface area contributed by atoms with Crippen molar-refractivity contribution in [3.05, 3.63) is 90.9 Å². The first-order valence-corrected chi connectivity index (χ1v) is 13.8. The topological polar surface area (TPSA) is 98.8 Å². The summed E-state index contributed by atoms with van der Waals surface area (Å²) >= 11 is 0. The molecule has 1 aromatic heterocycles. The number of nitrogens with one attached hydrogen (secondary N) is 2. The molecule has 8 nitrogen and oxygen atoms in total. The van der Waals surface area contributed by atoms with Crippen molar-refractivity contribution in [3.8, 4) is 23.0 Å². The standard InChI is InChI=1S/C34H30FN3O5/c1-34(2)30(31(34)33(40)38-24-11-7-9-19-8-5-6-10-21(19)24)32(39)37-20-12-13-27(23(35)16-20)43-26-14-15-36-25-18-29(42-4)28(41-3)17-22(25)26/h5-18,30-31H,1-4H3,(H,37,39)(H,38,40)/t30-,31+/m0/s1. The van der Waals surface area contributed by atoms with Crippen LogP contribution < -0.4 is 24.8 Å². The average molecular weight is 580 g/mol. The highest BCUT2D eigenvalue weighted by molar-refractivity contribution is 6.08. The smallest absolute Gasteiger partial charge is 0.228 e. The van der Waals surface area contributed by atoms with Crippen LogP contribution in [0.4, 0.5) is 15.8 Å². The largest absolute Gasteiger partial charge is 0.493 e. The van der Waals surface area contributed by atoms with Gasteiger partial charge in [0.1, 0.15) is 5.75 Å². The SMILES string of the molecule is COc1cc2nccc(Oc3ccc(NC(=O)[C@@H]4[C@H](C(=O)Nc5cccc6ccccc56)C4(C)C)cc3F)c2cc1OC. The van der Waals surface area contributed by atoms with Gasteiger partial charge in [0.25, 0.3) is 0 Å². The molecule has 1 saturated carbocycles. The summed E-state index contributed by atoms with van der Waals surface area (Å²) in [6.07, 6.45) is 1.56. The van der Waals surface area contributed by atoms with Gasteiger partial charge in [0.05, 0.1) is 31.6 Å². The number of rotatable bonds is 8. The second-order valence-electron chi connectivity index (χ2n) is 11.1. The van der Waals surface area contributed by atoms with Gasteiger partial charge in [0, 0.05) is 40.5 Å². The van der Waals surface area contributed by atoms with E-state index >= 15 is 4.39 Å². The van der Waals surface area contributed by atoms with E-state index in [-0.39, 0.29) is 23.3 Å². The van der Waals surface area contributed by atoms with E-state index in [1.807, 2.05) is 56.3 Å². The minimum atomic E-state index is -0.663. The van der Waals surface area contributed by atoms with Crippen LogP contribution in [0.5, 0.6) is 23.0 Å². The number of benzene rings is 4. The first-order valence-electron chi connectivity index (χ1n) is 13.8. The average Bonchev–Trinajstić information content (AvgIpc) is 3.60. The van der Waals surface area contributed by atoms with Crippen LogP contribution >= 0.6 is 0 Å². The van der Waals surface area contributed by atoms with Crippen molar-refractivity contribution in [2.24, 2.45) is 17.3 Å². The highest BCUT2D eigenvalue weighted by Crippen LogP contribution is 2.59. The first kappa shape index (κ1) is 28.0. The number of ether oxygens (including phenoxy) is 3. The summed E-state index contributed by atoms with van der Waals surface area (Å²) in [6.45, 7) is 3.76. The van der Waals surface area contributed by atoms with Gasteiger partial charge in [-0.25, -0.2) is 4.39 Å². The molecule has 0 saturated heterocycles. The van der Waals surface area contributed by atoms with Crippen LogP contribution in [0.25, 0.3) is 21.7 Å². The zero-order valence-corrected chi connectivity index (χ0v) is 24.1. The van der Waals surface area contributed by atoms with Crippen molar-refractivity contribution in [1.29, 1.82) is 0 Å². The van der Waals surface area contributed by atoms with Gasteiger partial charge >= 0.3 is 0 Å². The van der Waals surface area contributed by atoms with Crippen LogP contribution in [0.2, 0.25) is 0 Å². The number of methoxy groups -OCH3 is 2. The Morgan fingerprint density at radius 1 is 0.767 bits per heavy atom. The van der Waals surface area contributed by atoms with Gasteiger partial charge in [0.2, 0.25) is 11.8 Å². The Hall–Kier alpha value is -5.18. The molecular formula is C34H30FN3O5. The maximum atomic E-state index is 15.2. The Morgan fingerprint density at radius 2 is 1.47 bits per heavy atom. The Bertz CT molecular complexity index is 1880. The minimum absolute atomic E-state index is 0.0284. The second kappa shape index (κ2) is 10.9. The van der Waals surface area contributed by atoms with Gasteiger partial charge < -0.3 is 24.8 Å². The molecule has 2 atom stereocenters. The predicted octanol–water partition coefficient (Wildman–Crippen LogP) is 7.19. The number of aromatic nitrogens is 1. The number of halogens is 1. The van der Waals surface area contributed by atoms with Crippen molar-refractivity contribution in [3.63, 3.8) is 0 Å². The molecule has 9 heteroatoms. The molecule has 0 radical (unpaired) electrons. The number of carbonyl (C=O) groups excluding carboxylic acids is 2. The van der Waals surface area contributed by atoms with Gasteiger partial charge in [-0.05, 0) is 41.1 Å². The summed E-state index contributed by atoms with van der Waals surface area (Å²) in [5, 5.41) is 8.32. The molecule has 1 aliphatic rings. The van der Waals surface area contributed by atoms with E-state index in [1.54, 1.807) is 30.5 Å². The van der Waals surface area contributed by atoms with E-state index < -0.39 is 23.1 Å². The number of hydrogen-bond donors (Lipinski definition) is 2. The second-order valence-corrected chi connectivity index (χ2v) is 11.1. The van der Waals surface area contributed by atoms with E-state index in [1.165, 1.54) is 26.4 Å². The summed E-state index contributed by atoms with van der Waals surface area (Å²) in [5.41, 5.74) is 0.983. The molecule has 2 amide bonds. The van der Waals surface area contributed by atoms with Gasteiger partial charge in [-0.15, -0.1) is 0 Å². The lowest BCUT2D eigenvalue weighted by Crippen LogP contribution is -2.20. The number of carbonyl (C=O) groups is 2. The fraction of sp³-hybridized carbons (Fsp3) is 0.206. The molecule has 0 aliphatic heterocycles. The molecule has 1 aliphatic carbocycles. The molecule has 0 spiro atoms. The van der Waals surface area contributed by atoms with Gasteiger partial charge in [0.15, 0.2) is 23.1 Å². The molecule has 4 aromatic carbocycles. The molecule has 43 heavy (non-hydrogen) atoms. The Labute approximate surface area is 247 Å². The molecule has 5 aromatic rings. The van der Waals surface area contributed by atoms with Crippen LogP contribution in [0.1, 0.15) is 13.8 Å². The van der Waals surface area contributed by atoms with Crippen LogP contribution in [0.3, 0.4) is 0 Å². The highest BCUT2D eigenvalue weighted by Gasteiger charge is 2.65. The lowest BCUT2D eigenvalue weighted by molar-refractivity contribution is -0.122. The van der Waals surface area contributed by atoms with Crippen molar-refractivity contribution < 1.29 is 28.2 Å². The van der Waals surface area contributed by atoms with E-state index in [0.29, 0.717) is 33.8 Å². The van der Waals surface area contributed by atoms with Gasteiger partial charge in [-0.1, -0.05) is 50.2 Å². The third kappa shape index (κ3) is 5.18.